The normalized spacial score (nSPS) is 31.4. The molecule has 9 nitrogen and oxygen atoms in total. The number of rotatable bonds is 4. The molecule has 10 rings (SSSR count). The van der Waals surface area contributed by atoms with E-state index < -0.39 is 6.10 Å². The van der Waals surface area contributed by atoms with Gasteiger partial charge in [0.1, 0.15) is 23.9 Å². The van der Waals surface area contributed by atoms with Crippen molar-refractivity contribution in [1.82, 2.24) is 4.98 Å². The minimum atomic E-state index is -0.623. The third-order valence-corrected chi connectivity index (χ3v) is 13.1. The number of benzene rings is 2. The van der Waals surface area contributed by atoms with Gasteiger partial charge in [-0.1, -0.05) is 37.3 Å². The summed E-state index contributed by atoms with van der Waals surface area (Å²) in [7, 11) is 4.17. The number of likely N-dealkylation sites (N-methyl/N-ethyl adjacent to an activating group) is 1. The Morgan fingerprint density at radius 3 is 2.78 bits per heavy atom. The maximum absolute atomic E-state index is 12.8. The van der Waals surface area contributed by atoms with E-state index in [-0.39, 0.29) is 40.9 Å². The van der Waals surface area contributed by atoms with E-state index in [0.29, 0.717) is 6.04 Å². The number of pyridine rings is 2. The first-order chi connectivity index (χ1) is 22.9. The second-order valence-electron chi connectivity index (χ2n) is 14.9. The summed E-state index contributed by atoms with van der Waals surface area (Å²) in [6.07, 6.45) is 11.2. The summed E-state index contributed by atoms with van der Waals surface area (Å²) in [5, 5.41) is 25.2. The van der Waals surface area contributed by atoms with Crippen molar-refractivity contribution >= 4 is 38.6 Å². The van der Waals surface area contributed by atoms with Crippen LogP contribution in [0.2, 0.25) is 0 Å². The average molecular weight is 661 g/mol. The van der Waals surface area contributed by atoms with Gasteiger partial charge in [0.05, 0.1) is 50.4 Å². The van der Waals surface area contributed by atoms with Gasteiger partial charge < -0.3 is 40.3 Å². The van der Waals surface area contributed by atoms with Crippen molar-refractivity contribution in [3.05, 3.63) is 102 Å². The Morgan fingerprint density at radius 1 is 1.14 bits per heavy atom. The lowest BCUT2D eigenvalue weighted by Gasteiger charge is -2.59. The summed E-state index contributed by atoms with van der Waals surface area (Å²) in [4.78, 5) is 6.28. The van der Waals surface area contributed by atoms with E-state index in [1.807, 2.05) is 12.1 Å². The molecule has 7 heterocycles. The second kappa shape index (κ2) is 10.9. The SMILES string of the molecule is CCc1c[n+]2ccc3c([nH]c4cccc(OC)c43)c2cc1C1=CN2c3ccccc3[C@]34CC[N+]5(C)C/C(=C/CO)[C@H](C[C@@H]35)[C@@H]([C@@H]1O)[C@H]24.[OH-].[OH-]. The van der Waals surface area contributed by atoms with E-state index in [1.165, 1.54) is 22.4 Å². The summed E-state index contributed by atoms with van der Waals surface area (Å²) >= 11 is 0. The standard InChI is InChI=1S/C40H41N4O3.2H2O/c1-4-23-20-42-15-12-25-35-30(9-7-11-33(35)47-3)41-37(25)32(42)18-26(23)28-21-43-31-10-6-5-8-29(31)40-14-16-44(2)22-24(13-17-45)27(19-34(40)44)36(38(28)46)39(40)43;;/h5-13,15,18,20-21,27,34,36,38-39,45-46H,4,14,16-17,19,22H2,1-3H3;2*1H2/q+1;;/p-1/b24-13-;;/t27-,34-,36-,38+,39-,40+,44?;;/m0../s1. The maximum Gasteiger partial charge on any atom is 0.235 e. The third kappa shape index (κ3) is 3.85. The molecule has 1 unspecified atom stereocenters. The van der Waals surface area contributed by atoms with E-state index in [0.717, 1.165) is 81.0 Å². The molecule has 9 heteroatoms. The molecule has 0 radical (unpaired) electrons. The number of para-hydroxylation sites is 1. The average Bonchev–Trinajstić information content (AvgIpc) is 3.73. The van der Waals surface area contributed by atoms with Crippen LogP contribution in [0.15, 0.2) is 84.8 Å². The lowest BCUT2D eigenvalue weighted by Crippen LogP contribution is -2.70. The molecule has 7 atom stereocenters. The number of fused-ring (bicyclic) bond motifs is 9. The highest BCUT2D eigenvalue weighted by molar-refractivity contribution is 6.13. The van der Waals surface area contributed by atoms with Gasteiger partial charge in [-0.25, -0.2) is 0 Å². The number of ether oxygens (including phenoxy) is 1. The first-order valence-electron chi connectivity index (χ1n) is 17.3. The number of H-pyrrole nitrogens is 1. The molecule has 5 aromatic rings. The van der Waals surface area contributed by atoms with Gasteiger partial charge in [0.2, 0.25) is 5.52 Å². The van der Waals surface area contributed by atoms with Crippen molar-refractivity contribution in [3.8, 4) is 5.75 Å². The Labute approximate surface area is 285 Å². The van der Waals surface area contributed by atoms with Crippen LogP contribution in [0.4, 0.5) is 5.69 Å². The number of hydrogen-bond donors (Lipinski definition) is 3. The number of aryl methyl sites for hydroxylation is 1. The van der Waals surface area contributed by atoms with Gasteiger partial charge in [-0.05, 0) is 47.2 Å². The van der Waals surface area contributed by atoms with Crippen molar-refractivity contribution < 1.29 is 34.8 Å². The number of methoxy groups -OCH3 is 1. The first-order valence-corrected chi connectivity index (χ1v) is 17.3. The Hall–Kier alpha value is -4.25. The quantitative estimate of drug-likeness (QED) is 0.143. The van der Waals surface area contributed by atoms with Gasteiger partial charge in [-0.15, -0.1) is 0 Å². The molecule has 1 aliphatic carbocycles. The van der Waals surface area contributed by atoms with Crippen LogP contribution >= 0.6 is 0 Å². The number of anilines is 1. The van der Waals surface area contributed by atoms with Gasteiger partial charge in [0, 0.05) is 64.7 Å². The Morgan fingerprint density at radius 2 is 1.98 bits per heavy atom. The molecule has 4 aliphatic heterocycles. The summed E-state index contributed by atoms with van der Waals surface area (Å²) in [6.45, 7) is 4.35. The molecule has 2 saturated heterocycles. The molecule has 1 saturated carbocycles. The van der Waals surface area contributed by atoms with Crippen molar-refractivity contribution in [2.24, 2.45) is 11.8 Å². The fourth-order valence-corrected chi connectivity index (χ4v) is 11.3. The Balaban J connectivity index is 0.00000174. The van der Waals surface area contributed by atoms with Gasteiger partial charge in [0.15, 0.2) is 12.4 Å². The molecule has 0 amide bonds. The number of aliphatic hydroxyl groups excluding tert-OH is 2. The van der Waals surface area contributed by atoms with E-state index in [2.05, 4.69) is 95.4 Å². The lowest BCUT2D eigenvalue weighted by atomic mass is 9.53. The molecule has 254 valence electrons. The number of hydrogen-bond acceptors (Lipinski definition) is 6. The van der Waals surface area contributed by atoms with Crippen LogP contribution in [-0.4, -0.2) is 82.7 Å². The molecule has 3 aromatic heterocycles. The molecule has 5 aliphatic rings. The van der Waals surface area contributed by atoms with E-state index in [4.69, 9.17) is 4.74 Å². The smallest absolute Gasteiger partial charge is 0.235 e. The van der Waals surface area contributed by atoms with Crippen LogP contribution < -0.4 is 14.0 Å². The molecule has 2 aromatic carbocycles. The summed E-state index contributed by atoms with van der Waals surface area (Å²) in [6, 6.07) is 20.4. The highest BCUT2D eigenvalue weighted by Gasteiger charge is 2.73. The Bertz CT molecular complexity index is 2230. The van der Waals surface area contributed by atoms with Gasteiger partial charge in [-0.2, -0.15) is 4.40 Å². The minimum absolute atomic E-state index is 0. The fraction of sp³-hybridized carbons (Fsp3) is 0.375. The van der Waals surface area contributed by atoms with Crippen molar-refractivity contribution in [2.75, 3.05) is 38.8 Å². The molecule has 1 spiro atoms. The summed E-state index contributed by atoms with van der Waals surface area (Å²) < 4.78 is 9.03. The number of nitrogens with zero attached hydrogens (tertiary/aromatic N) is 3. The second-order valence-corrected chi connectivity index (χ2v) is 14.9. The number of aliphatic hydroxyl groups is 2. The van der Waals surface area contributed by atoms with Crippen LogP contribution in [0.25, 0.3) is 32.9 Å². The number of nitrogens with one attached hydrogen (secondary N) is 1. The number of quaternary nitrogens is 1. The molecule has 3 fully saturated rings. The molecule has 2 bridgehead atoms. The lowest BCUT2D eigenvalue weighted by molar-refractivity contribution is -0.925. The molecule has 5 N–H and O–H groups in total. The Kier molecular flexibility index (Phi) is 7.10. The number of piperidine rings is 1. The van der Waals surface area contributed by atoms with Gasteiger partial charge >= 0.3 is 0 Å². The van der Waals surface area contributed by atoms with Crippen molar-refractivity contribution in [3.63, 3.8) is 0 Å². The van der Waals surface area contributed by atoms with Crippen LogP contribution in [0.1, 0.15) is 36.5 Å². The predicted octanol–water partition coefficient (Wildman–Crippen LogP) is 4.91. The third-order valence-electron chi connectivity index (χ3n) is 13.1. The zero-order valence-corrected chi connectivity index (χ0v) is 28.2. The first kappa shape index (κ1) is 32.0. The molecular formula is C40H44N4O5. The summed E-state index contributed by atoms with van der Waals surface area (Å²) in [5.41, 5.74) is 10.7. The zero-order valence-electron chi connectivity index (χ0n) is 28.2. The molecule has 49 heavy (non-hydrogen) atoms. The minimum Gasteiger partial charge on any atom is -0.870 e. The highest BCUT2D eigenvalue weighted by Crippen LogP contribution is 2.67. The van der Waals surface area contributed by atoms with Crippen molar-refractivity contribution in [1.29, 1.82) is 0 Å². The number of aromatic nitrogens is 2. The van der Waals surface area contributed by atoms with Crippen LogP contribution in [0.5, 0.6) is 5.75 Å². The largest absolute Gasteiger partial charge is 0.870 e. The van der Waals surface area contributed by atoms with E-state index in [9.17, 15) is 10.2 Å². The monoisotopic (exact) mass is 660 g/mol. The topological polar surface area (TPSA) is 133 Å². The van der Waals surface area contributed by atoms with Crippen molar-refractivity contribution in [2.45, 2.75) is 49.8 Å². The van der Waals surface area contributed by atoms with Crippen LogP contribution in [0, 0.1) is 11.8 Å². The highest BCUT2D eigenvalue weighted by atomic mass is 16.5. The van der Waals surface area contributed by atoms with E-state index >= 15 is 0 Å². The van der Waals surface area contributed by atoms with E-state index in [1.54, 1.807) is 7.11 Å². The predicted molar refractivity (Wildman–Crippen MR) is 188 cm³/mol. The zero-order chi connectivity index (χ0) is 31.8. The fourth-order valence-electron chi connectivity index (χ4n) is 11.3. The van der Waals surface area contributed by atoms with Crippen LogP contribution in [-0.2, 0) is 11.8 Å². The molecular weight excluding hydrogens is 616 g/mol. The van der Waals surface area contributed by atoms with Crippen LogP contribution in [0.3, 0.4) is 0 Å². The maximum atomic E-state index is 12.8. The van der Waals surface area contributed by atoms with Gasteiger partial charge in [0.25, 0.3) is 0 Å². The number of aromatic amines is 1. The van der Waals surface area contributed by atoms with Gasteiger partial charge in [-0.3, -0.25) is 0 Å². The summed E-state index contributed by atoms with van der Waals surface area (Å²) in [5.74, 6) is 1.13.